The fourth-order valence-electron chi connectivity index (χ4n) is 5.86. The molecule has 2 fully saturated rings. The Balaban J connectivity index is 1.55. The molecule has 1 N–H and O–H groups in total. The van der Waals surface area contributed by atoms with Crippen LogP contribution in [0.1, 0.15) is 54.4 Å². The van der Waals surface area contributed by atoms with Gasteiger partial charge >= 0.3 is 0 Å². The van der Waals surface area contributed by atoms with E-state index < -0.39 is 19.7 Å². The first kappa shape index (κ1) is 25.5. The second-order valence-corrected chi connectivity index (χ2v) is 18.1. The van der Waals surface area contributed by atoms with Gasteiger partial charge in [-0.05, 0) is 66.8 Å². The summed E-state index contributed by atoms with van der Waals surface area (Å²) >= 11 is -1.24. The molecule has 0 bridgehead atoms. The first-order valence-corrected chi connectivity index (χ1v) is 15.4. The highest BCUT2D eigenvalue weighted by atomic mass is 32.2. The lowest BCUT2D eigenvalue weighted by molar-refractivity contribution is 0.171. The molecule has 0 spiro atoms. The molecule has 0 amide bonds. The van der Waals surface area contributed by atoms with E-state index in [9.17, 15) is 9.81 Å². The molecule has 4 rings (SSSR count). The van der Waals surface area contributed by atoms with Crippen molar-refractivity contribution in [3.8, 4) is 6.07 Å². The zero-order valence-corrected chi connectivity index (χ0v) is 23.1. The van der Waals surface area contributed by atoms with Crippen molar-refractivity contribution in [2.75, 3.05) is 0 Å². The highest BCUT2D eigenvalue weighted by Crippen LogP contribution is 2.60. The summed E-state index contributed by atoms with van der Waals surface area (Å²) in [5.74, 6) is 1.21. The van der Waals surface area contributed by atoms with Gasteiger partial charge in [-0.1, -0.05) is 81.4 Å². The van der Waals surface area contributed by atoms with Crippen molar-refractivity contribution in [2.45, 2.75) is 76.3 Å². The van der Waals surface area contributed by atoms with Gasteiger partial charge in [0.1, 0.15) is 10.8 Å². The van der Waals surface area contributed by atoms with E-state index in [1.807, 2.05) is 20.8 Å². The maximum atomic E-state index is 12.6. The van der Waals surface area contributed by atoms with E-state index in [2.05, 4.69) is 92.2 Å². The Morgan fingerprint density at radius 2 is 1.41 bits per heavy atom. The fraction of sp³-hybridized carbons (Fsp3) is 0.536. The van der Waals surface area contributed by atoms with Crippen molar-refractivity contribution in [1.82, 2.24) is 4.72 Å². The molecule has 2 aliphatic rings. The zero-order valence-electron chi connectivity index (χ0n) is 21.2. The minimum absolute atomic E-state index is 0.0394. The summed E-state index contributed by atoms with van der Waals surface area (Å²) in [6, 6.07) is 23.6. The third-order valence-electron chi connectivity index (χ3n) is 7.54. The fourth-order valence-corrected chi connectivity index (χ4v) is 11.4. The van der Waals surface area contributed by atoms with Crippen LogP contribution in [0.2, 0.25) is 5.04 Å². The van der Waals surface area contributed by atoms with E-state index in [-0.39, 0.29) is 27.8 Å². The first-order chi connectivity index (χ1) is 16.0. The number of benzene rings is 2. The van der Waals surface area contributed by atoms with E-state index in [1.54, 1.807) is 0 Å². The minimum Gasteiger partial charge on any atom is -0.598 e. The molecule has 2 aromatic carbocycles. The molecule has 0 aliphatic heterocycles. The van der Waals surface area contributed by atoms with Crippen LogP contribution >= 0.6 is 0 Å². The van der Waals surface area contributed by atoms with Crippen LogP contribution in [-0.2, 0) is 15.8 Å². The predicted octanol–water partition coefficient (Wildman–Crippen LogP) is 4.53. The lowest BCUT2D eigenvalue weighted by Gasteiger charge is -2.45. The highest BCUT2D eigenvalue weighted by Gasteiger charge is 2.62. The van der Waals surface area contributed by atoms with Gasteiger partial charge in [-0.15, -0.1) is 4.72 Å². The van der Waals surface area contributed by atoms with Gasteiger partial charge in [0.2, 0.25) is 0 Å². The normalized spacial score (nSPS) is 26.4. The number of rotatable bonds is 7. The monoisotopic (exact) mass is 494 g/mol. The van der Waals surface area contributed by atoms with Crippen LogP contribution in [0, 0.1) is 29.1 Å². The number of hydrogen-bond acceptors (Lipinski definition) is 4. The maximum absolute atomic E-state index is 12.6. The van der Waals surface area contributed by atoms with Crippen LogP contribution in [-0.4, -0.2) is 29.8 Å². The third-order valence-corrected chi connectivity index (χ3v) is 14.2. The Morgan fingerprint density at radius 1 is 0.941 bits per heavy atom. The molecule has 2 aromatic rings. The lowest BCUT2D eigenvalue weighted by Crippen LogP contribution is -2.67. The quantitative estimate of drug-likeness (QED) is 0.454. The molecular weight excluding hydrogens is 456 g/mol. The molecule has 0 radical (unpaired) electrons. The average Bonchev–Trinajstić information content (AvgIpc) is 3.28. The van der Waals surface area contributed by atoms with E-state index in [0.717, 1.165) is 12.8 Å². The number of fused-ring (bicyclic) bond motifs is 1. The van der Waals surface area contributed by atoms with Gasteiger partial charge in [0.15, 0.2) is 0 Å². The molecule has 6 heteroatoms. The standard InChI is InChI=1S/C28H38N2O2SSi/c1-27(2,3)33(31)30-25(19-29)26-23-17-20(18-24(23)26)32-34(28(4,5)6,21-13-9-7-10-14-21)22-15-11-8-12-16-22/h7-16,20,23-26,30H,17-18H2,1-6H3/t20?,23-,24+,25?,26+,33?. The van der Waals surface area contributed by atoms with Gasteiger partial charge in [0.25, 0.3) is 8.32 Å². The average molecular weight is 495 g/mol. The van der Waals surface area contributed by atoms with Crippen LogP contribution < -0.4 is 15.1 Å². The minimum atomic E-state index is -2.56. The van der Waals surface area contributed by atoms with Gasteiger partial charge in [-0.3, -0.25) is 0 Å². The smallest absolute Gasteiger partial charge is 0.261 e. The molecule has 2 saturated carbocycles. The van der Waals surface area contributed by atoms with Crippen molar-refractivity contribution < 1.29 is 8.98 Å². The summed E-state index contributed by atoms with van der Waals surface area (Å²) < 4.78 is 22.6. The van der Waals surface area contributed by atoms with Crippen LogP contribution in [0.4, 0.5) is 0 Å². The summed E-state index contributed by atoms with van der Waals surface area (Å²) in [5.41, 5.74) is 0. The van der Waals surface area contributed by atoms with Gasteiger partial charge in [0, 0.05) is 17.5 Å². The molecular formula is C28H38N2O2SSi. The Kier molecular flexibility index (Phi) is 7.07. The molecule has 6 atom stereocenters. The van der Waals surface area contributed by atoms with Crippen molar-refractivity contribution in [2.24, 2.45) is 17.8 Å². The number of nitrogens with one attached hydrogen (secondary N) is 1. The highest BCUT2D eigenvalue weighted by molar-refractivity contribution is 7.90. The molecule has 0 heterocycles. The van der Waals surface area contributed by atoms with Gasteiger partial charge in [0.05, 0.1) is 6.07 Å². The first-order valence-electron chi connectivity index (χ1n) is 12.4. The van der Waals surface area contributed by atoms with Gasteiger partial charge < -0.3 is 8.98 Å². The molecule has 3 unspecified atom stereocenters. The van der Waals surface area contributed by atoms with Crippen LogP contribution in [0.5, 0.6) is 0 Å². The Bertz CT molecular complexity index is 961. The predicted molar refractivity (Wildman–Crippen MR) is 143 cm³/mol. The molecule has 34 heavy (non-hydrogen) atoms. The molecule has 0 aromatic heterocycles. The Morgan fingerprint density at radius 3 is 1.79 bits per heavy atom. The molecule has 182 valence electrons. The van der Waals surface area contributed by atoms with Crippen molar-refractivity contribution in [3.63, 3.8) is 0 Å². The number of hydrogen-bond donors (Lipinski definition) is 1. The van der Waals surface area contributed by atoms with E-state index in [1.165, 1.54) is 10.4 Å². The Labute approximate surface area is 209 Å². The van der Waals surface area contributed by atoms with E-state index in [0.29, 0.717) is 11.8 Å². The zero-order chi connectivity index (χ0) is 24.7. The SMILES string of the molecule is CC(C)(C)[S+]([O-])NC(C#N)[C@H]1[C@@H]2CC(O[Si](c3ccccc3)(c3ccccc3)C(C)(C)C)C[C@@H]21. The largest absolute Gasteiger partial charge is 0.598 e. The lowest BCUT2D eigenvalue weighted by atomic mass is 10.0. The van der Waals surface area contributed by atoms with Crippen LogP contribution in [0.15, 0.2) is 60.7 Å². The van der Waals surface area contributed by atoms with Crippen LogP contribution in [0.3, 0.4) is 0 Å². The topological polar surface area (TPSA) is 68.1 Å². The van der Waals surface area contributed by atoms with Crippen LogP contribution in [0.25, 0.3) is 0 Å². The molecule has 4 nitrogen and oxygen atoms in total. The summed E-state index contributed by atoms with van der Waals surface area (Å²) in [4.78, 5) is 0. The van der Waals surface area contributed by atoms with Gasteiger partial charge in [-0.2, -0.15) is 5.26 Å². The summed E-state index contributed by atoms with van der Waals surface area (Å²) in [6.45, 7) is 12.8. The third kappa shape index (κ3) is 4.74. The number of nitriles is 1. The summed E-state index contributed by atoms with van der Waals surface area (Å²) in [7, 11) is -2.56. The van der Waals surface area contributed by atoms with Crippen molar-refractivity contribution >= 4 is 30.1 Å². The van der Waals surface area contributed by atoms with E-state index >= 15 is 0 Å². The number of nitrogens with zero attached hydrogens (tertiary/aromatic N) is 1. The van der Waals surface area contributed by atoms with Gasteiger partial charge in [-0.25, -0.2) is 0 Å². The van der Waals surface area contributed by atoms with Crippen molar-refractivity contribution in [3.05, 3.63) is 60.7 Å². The summed E-state index contributed by atoms with van der Waals surface area (Å²) in [6.07, 6.45) is 2.13. The second kappa shape index (κ2) is 9.44. The van der Waals surface area contributed by atoms with Crippen molar-refractivity contribution in [1.29, 1.82) is 5.26 Å². The second-order valence-electron chi connectivity index (χ2n) is 11.9. The van der Waals surface area contributed by atoms with E-state index in [4.69, 9.17) is 4.43 Å². The maximum Gasteiger partial charge on any atom is 0.261 e. The Hall–Kier alpha value is -1.62. The molecule has 2 aliphatic carbocycles. The molecule has 0 saturated heterocycles. The summed E-state index contributed by atoms with van der Waals surface area (Å²) in [5, 5.41) is 12.4.